The molecular formula is C29H22N6O2S2. The highest BCUT2D eigenvalue weighted by atomic mass is 32.1. The third kappa shape index (κ3) is 4.83. The van der Waals surface area contributed by atoms with Crippen molar-refractivity contribution in [2.24, 2.45) is 5.10 Å². The second-order valence-electron chi connectivity index (χ2n) is 8.83. The molecule has 6 rings (SSSR count). The number of thiazole rings is 2. The van der Waals surface area contributed by atoms with Crippen LogP contribution in [-0.4, -0.2) is 32.5 Å². The minimum absolute atomic E-state index is 0.375. The first-order chi connectivity index (χ1) is 19.0. The molecule has 0 bridgehead atoms. The van der Waals surface area contributed by atoms with Gasteiger partial charge in [-0.3, -0.25) is 20.4 Å². The molecule has 1 aliphatic rings. The first-order valence-corrected chi connectivity index (χ1v) is 13.8. The van der Waals surface area contributed by atoms with Crippen LogP contribution in [0.4, 0.5) is 10.3 Å². The van der Waals surface area contributed by atoms with Gasteiger partial charge in [-0.05, 0) is 37.1 Å². The Morgan fingerprint density at radius 2 is 1.41 bits per heavy atom. The molecule has 3 heterocycles. The molecular weight excluding hydrogens is 528 g/mol. The van der Waals surface area contributed by atoms with Crippen LogP contribution in [0.1, 0.15) is 38.2 Å². The molecule has 0 atom stereocenters. The topological polar surface area (TPSA) is 99.6 Å². The van der Waals surface area contributed by atoms with Gasteiger partial charge in [0.2, 0.25) is 10.3 Å². The Morgan fingerprint density at radius 1 is 0.795 bits per heavy atom. The van der Waals surface area contributed by atoms with E-state index in [4.69, 9.17) is 0 Å². The summed E-state index contributed by atoms with van der Waals surface area (Å²) >= 11 is 2.79. The van der Waals surface area contributed by atoms with Gasteiger partial charge in [-0.2, -0.15) is 10.1 Å². The summed E-state index contributed by atoms with van der Waals surface area (Å²) < 4.78 is 0. The van der Waals surface area contributed by atoms with Gasteiger partial charge in [-0.1, -0.05) is 78.1 Å². The molecule has 2 N–H and O–H groups in total. The number of carbonyl (C=O) groups is 2. The van der Waals surface area contributed by atoms with E-state index in [9.17, 15) is 9.59 Å². The average molecular weight is 551 g/mol. The summed E-state index contributed by atoms with van der Waals surface area (Å²) in [5.74, 6) is -0.794. The number of hydrogen-bond donors (Lipinski definition) is 2. The average Bonchev–Trinajstić information content (AvgIpc) is 3.66. The van der Waals surface area contributed by atoms with E-state index in [0.29, 0.717) is 27.1 Å². The minimum Gasteiger partial charge on any atom is -0.267 e. The van der Waals surface area contributed by atoms with Crippen molar-refractivity contribution in [3.05, 3.63) is 106 Å². The monoisotopic (exact) mass is 550 g/mol. The number of imide groups is 1. The Hall–Kier alpha value is -4.67. The molecule has 0 unspecified atom stereocenters. The van der Waals surface area contributed by atoms with Crippen molar-refractivity contribution in [2.45, 2.75) is 13.8 Å². The summed E-state index contributed by atoms with van der Waals surface area (Å²) in [5.41, 5.74) is 12.3. The molecule has 5 aromatic rings. The number of aromatic nitrogens is 2. The van der Waals surface area contributed by atoms with Crippen LogP contribution in [0.2, 0.25) is 0 Å². The zero-order chi connectivity index (χ0) is 26.9. The Kier molecular flexibility index (Phi) is 6.47. The van der Waals surface area contributed by atoms with Gasteiger partial charge in [-0.25, -0.2) is 9.97 Å². The first-order valence-electron chi connectivity index (χ1n) is 12.1. The lowest BCUT2D eigenvalue weighted by Crippen LogP contribution is -2.35. The molecule has 0 radical (unpaired) electrons. The van der Waals surface area contributed by atoms with Crippen LogP contribution in [-0.2, 0) is 0 Å². The number of hydrogen-bond acceptors (Lipinski definition) is 9. The molecule has 10 heteroatoms. The fourth-order valence-electron chi connectivity index (χ4n) is 4.27. The highest BCUT2D eigenvalue weighted by Crippen LogP contribution is 2.30. The minimum atomic E-state index is -0.397. The molecule has 0 saturated carbocycles. The summed E-state index contributed by atoms with van der Waals surface area (Å²) in [5, 5.41) is 8.60. The third-order valence-corrected chi connectivity index (χ3v) is 8.16. The molecule has 0 fully saturated rings. The predicted molar refractivity (Wildman–Crippen MR) is 156 cm³/mol. The number of nitrogens with zero attached hydrogens (tertiary/aromatic N) is 4. The number of amides is 2. The Balaban J connectivity index is 1.13. The lowest BCUT2D eigenvalue weighted by atomic mass is 10.0. The largest absolute Gasteiger partial charge is 0.280 e. The fourth-order valence-corrected chi connectivity index (χ4v) is 5.83. The molecule has 192 valence electrons. The van der Waals surface area contributed by atoms with Crippen LogP contribution in [0.25, 0.3) is 22.4 Å². The van der Waals surface area contributed by atoms with E-state index in [2.05, 4.69) is 62.3 Å². The lowest BCUT2D eigenvalue weighted by molar-refractivity contribution is 0.0691. The van der Waals surface area contributed by atoms with Crippen molar-refractivity contribution in [3.8, 4) is 22.4 Å². The van der Waals surface area contributed by atoms with Crippen molar-refractivity contribution >= 4 is 50.5 Å². The number of rotatable bonds is 7. The van der Waals surface area contributed by atoms with Crippen LogP contribution < -0.4 is 10.9 Å². The van der Waals surface area contributed by atoms with Crippen molar-refractivity contribution < 1.29 is 9.59 Å². The third-order valence-electron chi connectivity index (χ3n) is 6.24. The van der Waals surface area contributed by atoms with Crippen molar-refractivity contribution in [3.63, 3.8) is 0 Å². The molecule has 0 spiro atoms. The second kappa shape index (κ2) is 10.2. The number of carbonyl (C=O) groups excluding carboxylic acids is 2. The number of hydrazone groups is 1. The van der Waals surface area contributed by atoms with E-state index < -0.39 is 11.8 Å². The summed E-state index contributed by atoms with van der Waals surface area (Å²) in [6, 6.07) is 25.3. The Morgan fingerprint density at radius 3 is 2.10 bits per heavy atom. The van der Waals surface area contributed by atoms with Gasteiger partial charge in [0.1, 0.15) is 0 Å². The quantitative estimate of drug-likeness (QED) is 0.133. The first kappa shape index (κ1) is 24.7. The van der Waals surface area contributed by atoms with Crippen LogP contribution >= 0.6 is 22.7 Å². The number of benzene rings is 3. The van der Waals surface area contributed by atoms with Gasteiger partial charge in [0.15, 0.2) is 0 Å². The highest BCUT2D eigenvalue weighted by molar-refractivity contribution is 7.17. The molecule has 39 heavy (non-hydrogen) atoms. The summed E-state index contributed by atoms with van der Waals surface area (Å²) in [7, 11) is 0. The van der Waals surface area contributed by atoms with Gasteiger partial charge in [-0.15, -0.1) is 11.3 Å². The Bertz CT molecular complexity index is 1690. The number of nitrogens with one attached hydrogen (secondary N) is 2. The van der Waals surface area contributed by atoms with E-state index >= 15 is 0 Å². The second-order valence-corrected chi connectivity index (χ2v) is 10.7. The summed E-state index contributed by atoms with van der Waals surface area (Å²) in [6.45, 7) is 3.73. The zero-order valence-corrected chi connectivity index (χ0v) is 22.6. The zero-order valence-electron chi connectivity index (χ0n) is 21.0. The SMILES string of the molecule is CC(=NNc1nc(-c2ccc(-c3ccccc3)cc2)cs1)c1sc(NN2C(=O)c3ccccc3C2=O)nc1C. The summed E-state index contributed by atoms with van der Waals surface area (Å²) in [6.07, 6.45) is 0. The van der Waals surface area contributed by atoms with Crippen molar-refractivity contribution in [1.82, 2.24) is 15.0 Å². The molecule has 8 nitrogen and oxygen atoms in total. The number of aryl methyl sites for hydroxylation is 1. The normalized spacial score (nSPS) is 13.1. The van der Waals surface area contributed by atoms with Crippen LogP contribution in [0, 0.1) is 6.92 Å². The maximum absolute atomic E-state index is 12.7. The molecule has 2 aromatic heterocycles. The van der Waals surface area contributed by atoms with E-state index in [1.165, 1.54) is 28.2 Å². The van der Waals surface area contributed by atoms with Gasteiger partial charge in [0, 0.05) is 10.9 Å². The Labute approximate surface area is 232 Å². The van der Waals surface area contributed by atoms with Gasteiger partial charge in [0.25, 0.3) is 11.8 Å². The van der Waals surface area contributed by atoms with E-state index in [1.54, 1.807) is 24.3 Å². The van der Waals surface area contributed by atoms with E-state index in [1.807, 2.05) is 37.4 Å². The van der Waals surface area contributed by atoms with Crippen molar-refractivity contribution in [1.29, 1.82) is 0 Å². The number of anilines is 2. The maximum Gasteiger partial charge on any atom is 0.280 e. The van der Waals surface area contributed by atoms with Crippen molar-refractivity contribution in [2.75, 3.05) is 10.9 Å². The highest BCUT2D eigenvalue weighted by Gasteiger charge is 2.36. The fraction of sp³-hybridized carbons (Fsp3) is 0.0690. The molecule has 2 amide bonds. The maximum atomic E-state index is 12.7. The van der Waals surface area contributed by atoms with E-state index in [0.717, 1.165) is 32.4 Å². The van der Waals surface area contributed by atoms with Gasteiger partial charge >= 0.3 is 0 Å². The van der Waals surface area contributed by atoms with Crippen LogP contribution in [0.15, 0.2) is 89.3 Å². The van der Waals surface area contributed by atoms with Gasteiger partial charge in [0.05, 0.1) is 33.1 Å². The molecule has 0 aliphatic carbocycles. The van der Waals surface area contributed by atoms with E-state index in [-0.39, 0.29) is 0 Å². The molecule has 1 aliphatic heterocycles. The molecule has 3 aromatic carbocycles. The smallest absolute Gasteiger partial charge is 0.267 e. The lowest BCUT2D eigenvalue weighted by Gasteiger charge is -2.13. The molecule has 0 saturated heterocycles. The summed E-state index contributed by atoms with van der Waals surface area (Å²) in [4.78, 5) is 35.3. The predicted octanol–water partition coefficient (Wildman–Crippen LogP) is 6.70. The van der Waals surface area contributed by atoms with Crippen LogP contribution in [0.3, 0.4) is 0 Å². The standard InChI is InChI=1S/C29H22N6O2S2/c1-17-25(39-29(30-17)34-35-26(36)22-10-6-7-11-23(22)27(35)37)18(2)32-33-28-31-24(16-38-28)21-14-12-20(13-15-21)19-8-4-3-5-9-19/h3-16H,1-2H3,(H,30,34)(H,31,33). The number of hydrazine groups is 1. The van der Waals surface area contributed by atoms with Crippen LogP contribution in [0.5, 0.6) is 0 Å². The van der Waals surface area contributed by atoms with Gasteiger partial charge < -0.3 is 0 Å². The number of fused-ring (bicyclic) bond motifs is 1.